The average molecular weight is 388 g/mol. The zero-order chi connectivity index (χ0) is 21.1. The average Bonchev–Trinajstić information content (AvgIpc) is 2.68. The van der Waals surface area contributed by atoms with E-state index in [2.05, 4.69) is 10.6 Å². The van der Waals surface area contributed by atoms with Crippen molar-refractivity contribution < 1.29 is 9.59 Å². The Balaban J connectivity index is 1.94. The fourth-order valence-electron chi connectivity index (χ4n) is 3.34. The lowest BCUT2D eigenvalue weighted by Crippen LogP contribution is -2.19. The smallest absolute Gasteiger partial charge is 0.257 e. The first-order chi connectivity index (χ1) is 13.8. The van der Waals surface area contributed by atoms with Crippen LogP contribution in [0.3, 0.4) is 0 Å². The molecule has 6 N–H and O–H groups in total. The lowest BCUT2D eigenvalue weighted by Gasteiger charge is -2.19. The van der Waals surface area contributed by atoms with Crippen LogP contribution in [0, 0.1) is 20.8 Å². The van der Waals surface area contributed by atoms with Gasteiger partial charge >= 0.3 is 0 Å². The Morgan fingerprint density at radius 1 is 0.690 bits per heavy atom. The van der Waals surface area contributed by atoms with Gasteiger partial charge in [-0.2, -0.15) is 0 Å². The number of carbonyl (C=O) groups excluding carboxylic acids is 2. The topological polar surface area (TPSA) is 110 Å². The second-order valence-electron chi connectivity index (χ2n) is 6.97. The quantitative estimate of drug-likeness (QED) is 0.500. The van der Waals surface area contributed by atoms with Crippen molar-refractivity contribution in [2.45, 2.75) is 20.8 Å². The van der Waals surface area contributed by atoms with E-state index in [0.717, 1.165) is 16.7 Å². The summed E-state index contributed by atoms with van der Waals surface area (Å²) in [5.41, 5.74) is 17.3. The van der Waals surface area contributed by atoms with Crippen molar-refractivity contribution in [3.05, 3.63) is 82.4 Å². The summed E-state index contributed by atoms with van der Waals surface area (Å²) in [5.74, 6) is -0.606. The minimum atomic E-state index is -0.303. The molecule has 0 atom stereocenters. The van der Waals surface area contributed by atoms with Crippen LogP contribution < -0.4 is 22.1 Å². The summed E-state index contributed by atoms with van der Waals surface area (Å²) in [6.07, 6.45) is 0. The Morgan fingerprint density at radius 2 is 1.07 bits per heavy atom. The number of amides is 2. The fraction of sp³-hybridized carbons (Fsp3) is 0.130. The molecule has 29 heavy (non-hydrogen) atoms. The van der Waals surface area contributed by atoms with Gasteiger partial charge in [0.25, 0.3) is 11.8 Å². The number of nitrogens with two attached hydrogens (primary N) is 2. The van der Waals surface area contributed by atoms with Crippen LogP contribution in [0.15, 0.2) is 54.6 Å². The Hall–Kier alpha value is -3.80. The molecule has 2 amide bonds. The number of aryl methyl sites for hydroxylation is 2. The molecule has 0 saturated carbocycles. The predicted molar refractivity (Wildman–Crippen MR) is 118 cm³/mol. The van der Waals surface area contributed by atoms with E-state index in [4.69, 9.17) is 11.5 Å². The second-order valence-corrected chi connectivity index (χ2v) is 6.97. The Bertz CT molecular complexity index is 1020. The van der Waals surface area contributed by atoms with E-state index in [0.29, 0.717) is 33.9 Å². The number of hydrogen-bond donors (Lipinski definition) is 4. The standard InChI is InChI=1S/C23H24N4O2/c1-13-12-14(2)21(27-23(29)17-9-5-7-11-19(17)25)15(3)20(13)26-22(28)16-8-4-6-10-18(16)24/h4-12H,24-25H2,1-3H3,(H,26,28)(H,27,29). The maximum absolute atomic E-state index is 12.7. The van der Waals surface area contributed by atoms with Crippen LogP contribution in [0.4, 0.5) is 22.7 Å². The number of hydrogen-bond acceptors (Lipinski definition) is 4. The third-order valence-electron chi connectivity index (χ3n) is 4.86. The molecule has 148 valence electrons. The van der Waals surface area contributed by atoms with Crippen LogP contribution in [0.5, 0.6) is 0 Å². The van der Waals surface area contributed by atoms with Gasteiger partial charge in [-0.1, -0.05) is 30.3 Å². The molecule has 0 aliphatic rings. The van der Waals surface area contributed by atoms with Gasteiger partial charge in [-0.3, -0.25) is 9.59 Å². The van der Waals surface area contributed by atoms with Crippen LogP contribution in [0.2, 0.25) is 0 Å². The summed E-state index contributed by atoms with van der Waals surface area (Å²) in [6, 6.07) is 15.7. The van der Waals surface area contributed by atoms with Gasteiger partial charge in [-0.25, -0.2) is 0 Å². The highest BCUT2D eigenvalue weighted by atomic mass is 16.2. The molecule has 6 heteroatoms. The first-order valence-electron chi connectivity index (χ1n) is 9.22. The first kappa shape index (κ1) is 19.9. The molecule has 0 saturated heterocycles. The van der Waals surface area contributed by atoms with Crippen LogP contribution >= 0.6 is 0 Å². The molecular formula is C23H24N4O2. The van der Waals surface area contributed by atoms with Crippen molar-refractivity contribution in [2.75, 3.05) is 22.1 Å². The van der Waals surface area contributed by atoms with Crippen molar-refractivity contribution in [1.82, 2.24) is 0 Å². The molecule has 0 heterocycles. The SMILES string of the molecule is Cc1cc(C)c(NC(=O)c2ccccc2N)c(C)c1NC(=O)c1ccccc1N. The van der Waals surface area contributed by atoms with Gasteiger partial charge < -0.3 is 22.1 Å². The monoisotopic (exact) mass is 388 g/mol. The number of benzene rings is 3. The van der Waals surface area contributed by atoms with Crippen LogP contribution in [-0.4, -0.2) is 11.8 Å². The summed E-state index contributed by atoms with van der Waals surface area (Å²) in [5, 5.41) is 5.87. The first-order valence-corrected chi connectivity index (χ1v) is 9.22. The van der Waals surface area contributed by atoms with Crippen molar-refractivity contribution in [1.29, 1.82) is 0 Å². The van der Waals surface area contributed by atoms with Crippen molar-refractivity contribution in [3.63, 3.8) is 0 Å². The summed E-state index contributed by atoms with van der Waals surface area (Å²) < 4.78 is 0. The molecule has 0 aromatic heterocycles. The van der Waals surface area contributed by atoms with E-state index >= 15 is 0 Å². The largest absolute Gasteiger partial charge is 0.398 e. The molecule has 3 aromatic rings. The summed E-state index contributed by atoms with van der Waals surface area (Å²) in [7, 11) is 0. The third-order valence-corrected chi connectivity index (χ3v) is 4.86. The fourth-order valence-corrected chi connectivity index (χ4v) is 3.34. The zero-order valence-electron chi connectivity index (χ0n) is 16.7. The third kappa shape index (κ3) is 4.06. The van der Waals surface area contributed by atoms with Crippen LogP contribution in [0.25, 0.3) is 0 Å². The van der Waals surface area contributed by atoms with E-state index in [1.807, 2.05) is 26.8 Å². The van der Waals surface area contributed by atoms with Crippen LogP contribution in [-0.2, 0) is 0 Å². The molecule has 0 unspecified atom stereocenters. The van der Waals surface area contributed by atoms with E-state index in [1.54, 1.807) is 48.5 Å². The van der Waals surface area contributed by atoms with E-state index < -0.39 is 0 Å². The lowest BCUT2D eigenvalue weighted by atomic mass is 10.0. The molecule has 3 aromatic carbocycles. The molecule has 6 nitrogen and oxygen atoms in total. The molecular weight excluding hydrogens is 364 g/mol. The normalized spacial score (nSPS) is 10.4. The minimum Gasteiger partial charge on any atom is -0.398 e. The number of carbonyl (C=O) groups is 2. The second kappa shape index (κ2) is 8.06. The molecule has 0 aliphatic carbocycles. The summed E-state index contributed by atoms with van der Waals surface area (Å²) in [6.45, 7) is 5.67. The van der Waals surface area contributed by atoms with Crippen LogP contribution in [0.1, 0.15) is 37.4 Å². The summed E-state index contributed by atoms with van der Waals surface area (Å²) in [4.78, 5) is 25.5. The maximum atomic E-state index is 12.7. The van der Waals surface area contributed by atoms with E-state index in [1.165, 1.54) is 0 Å². The van der Waals surface area contributed by atoms with Gasteiger partial charge in [0.1, 0.15) is 0 Å². The number of para-hydroxylation sites is 2. The highest BCUT2D eigenvalue weighted by Crippen LogP contribution is 2.32. The molecule has 0 radical (unpaired) electrons. The molecule has 0 spiro atoms. The highest BCUT2D eigenvalue weighted by molar-refractivity contribution is 6.11. The van der Waals surface area contributed by atoms with E-state index in [-0.39, 0.29) is 11.8 Å². The predicted octanol–water partition coefficient (Wildman–Crippen LogP) is 4.28. The molecule has 0 fully saturated rings. The number of anilines is 4. The summed E-state index contributed by atoms with van der Waals surface area (Å²) >= 11 is 0. The molecule has 0 aliphatic heterocycles. The van der Waals surface area contributed by atoms with Gasteiger partial charge in [0.2, 0.25) is 0 Å². The Labute approximate surface area is 169 Å². The maximum Gasteiger partial charge on any atom is 0.257 e. The Kier molecular flexibility index (Phi) is 5.54. The van der Waals surface area contributed by atoms with Gasteiger partial charge in [0.05, 0.1) is 11.1 Å². The molecule has 0 bridgehead atoms. The lowest BCUT2D eigenvalue weighted by molar-refractivity contribution is 0.102. The Morgan fingerprint density at radius 3 is 1.45 bits per heavy atom. The van der Waals surface area contributed by atoms with Gasteiger partial charge in [0, 0.05) is 22.7 Å². The van der Waals surface area contributed by atoms with Crippen molar-refractivity contribution in [3.8, 4) is 0 Å². The molecule has 3 rings (SSSR count). The number of nitrogen functional groups attached to an aromatic ring is 2. The van der Waals surface area contributed by atoms with Gasteiger partial charge in [-0.15, -0.1) is 0 Å². The van der Waals surface area contributed by atoms with Crippen molar-refractivity contribution in [2.24, 2.45) is 0 Å². The van der Waals surface area contributed by atoms with Crippen molar-refractivity contribution >= 4 is 34.6 Å². The number of rotatable bonds is 4. The number of nitrogens with one attached hydrogen (secondary N) is 2. The van der Waals surface area contributed by atoms with Gasteiger partial charge in [-0.05, 0) is 61.7 Å². The highest BCUT2D eigenvalue weighted by Gasteiger charge is 2.18. The minimum absolute atomic E-state index is 0.303. The zero-order valence-corrected chi connectivity index (χ0v) is 16.7. The van der Waals surface area contributed by atoms with E-state index in [9.17, 15) is 9.59 Å². The van der Waals surface area contributed by atoms with Gasteiger partial charge in [0.15, 0.2) is 0 Å².